The van der Waals surface area contributed by atoms with E-state index in [1.807, 2.05) is 18.2 Å². The van der Waals surface area contributed by atoms with Gasteiger partial charge in [0.15, 0.2) is 0 Å². The summed E-state index contributed by atoms with van der Waals surface area (Å²) in [7, 11) is 0. The standard InChI is InChI=1S/C12H17O2.BrH.Zn/c1-3-8-13-11-6-5-7-12(10-11)14-9-4-2;;/h5-6,10H,3-4,8-9H2,1-2H3;1H;/q-1;;+2/p-1. The number of halogens is 1. The van der Waals surface area contributed by atoms with Crippen LogP contribution in [0.2, 0.25) is 0 Å². The fourth-order valence-electron chi connectivity index (χ4n) is 1.03. The number of rotatable bonds is 6. The molecule has 0 bridgehead atoms. The van der Waals surface area contributed by atoms with E-state index < -0.39 is 0 Å². The Kier molecular flexibility index (Phi) is 11.4. The van der Waals surface area contributed by atoms with E-state index in [-0.39, 0.29) is 0 Å². The predicted octanol–water partition coefficient (Wildman–Crippen LogP) is 3.91. The number of ether oxygens (including phenoxy) is 2. The number of hydrogen-bond donors (Lipinski definition) is 0. The summed E-state index contributed by atoms with van der Waals surface area (Å²) in [5.41, 5.74) is 0. The van der Waals surface area contributed by atoms with Crippen molar-refractivity contribution in [2.24, 2.45) is 0 Å². The zero-order valence-corrected chi connectivity index (χ0v) is 14.5. The minimum absolute atomic E-state index is 0.730. The Bertz CT molecular complexity index is 246. The van der Waals surface area contributed by atoms with Gasteiger partial charge in [0, 0.05) is 11.5 Å². The molecule has 0 aromatic heterocycles. The van der Waals surface area contributed by atoms with Gasteiger partial charge in [0.25, 0.3) is 0 Å². The monoisotopic (exact) mass is 336 g/mol. The van der Waals surface area contributed by atoms with Crippen molar-refractivity contribution < 1.29 is 25.8 Å². The molecule has 0 saturated carbocycles. The molecule has 0 amide bonds. The second kappa shape index (κ2) is 11.4. The van der Waals surface area contributed by atoms with E-state index >= 15 is 0 Å². The summed E-state index contributed by atoms with van der Waals surface area (Å²) in [6, 6.07) is 8.62. The summed E-state index contributed by atoms with van der Waals surface area (Å²) in [5.74, 6) is 1.62. The van der Waals surface area contributed by atoms with Crippen LogP contribution in [0.4, 0.5) is 0 Å². The zero-order valence-electron chi connectivity index (χ0n) is 9.96. The van der Waals surface area contributed by atoms with E-state index in [4.69, 9.17) is 9.47 Å². The van der Waals surface area contributed by atoms with E-state index in [0.717, 1.165) is 37.6 Å². The van der Waals surface area contributed by atoms with Crippen LogP contribution in [-0.2, 0) is 16.3 Å². The maximum atomic E-state index is 5.48. The van der Waals surface area contributed by atoms with E-state index in [9.17, 15) is 0 Å². The molecule has 0 aliphatic rings. The van der Waals surface area contributed by atoms with Crippen molar-refractivity contribution in [2.75, 3.05) is 13.2 Å². The van der Waals surface area contributed by atoms with Crippen molar-refractivity contribution in [3.8, 4) is 11.5 Å². The second-order valence-electron chi connectivity index (χ2n) is 3.09. The van der Waals surface area contributed by atoms with Crippen molar-refractivity contribution in [1.82, 2.24) is 0 Å². The van der Waals surface area contributed by atoms with Gasteiger partial charge in [0.05, 0.1) is 13.2 Å². The molecule has 1 aromatic rings. The molecule has 0 unspecified atom stereocenters. The van der Waals surface area contributed by atoms with E-state index in [2.05, 4.69) is 33.5 Å². The number of hydrogen-bond acceptors (Lipinski definition) is 2. The van der Waals surface area contributed by atoms with Gasteiger partial charge >= 0.3 is 30.0 Å². The van der Waals surface area contributed by atoms with Crippen molar-refractivity contribution in [1.29, 1.82) is 0 Å². The average Bonchev–Trinajstić information content (AvgIpc) is 2.37. The third-order valence-corrected chi connectivity index (χ3v) is 1.68. The van der Waals surface area contributed by atoms with Crippen LogP contribution in [0.15, 0.2) is 18.2 Å². The molecule has 16 heavy (non-hydrogen) atoms. The third kappa shape index (κ3) is 7.24. The Balaban J connectivity index is 0.00000106. The van der Waals surface area contributed by atoms with Gasteiger partial charge in [-0.25, -0.2) is 0 Å². The molecule has 1 aromatic carbocycles. The van der Waals surface area contributed by atoms with Gasteiger partial charge in [-0.05, 0) is 12.8 Å². The molecular formula is C12H17BrO2Zn. The first-order chi connectivity index (χ1) is 7.86. The Morgan fingerprint density at radius 1 is 1.19 bits per heavy atom. The molecule has 0 N–H and O–H groups in total. The van der Waals surface area contributed by atoms with Crippen LogP contribution < -0.4 is 9.47 Å². The van der Waals surface area contributed by atoms with Crippen LogP contribution >= 0.6 is 13.6 Å². The number of benzene rings is 1. The fourth-order valence-corrected chi connectivity index (χ4v) is 1.03. The molecule has 0 aliphatic heterocycles. The van der Waals surface area contributed by atoms with Gasteiger partial charge < -0.3 is 9.47 Å². The Labute approximate surface area is 115 Å². The van der Waals surface area contributed by atoms with Crippen molar-refractivity contribution >= 4 is 13.6 Å². The SMILES string of the molecule is CCCOc1[c-]ccc(OCCC)c1.[Zn+][Br]. The van der Waals surface area contributed by atoms with Gasteiger partial charge in [-0.1, -0.05) is 19.9 Å². The third-order valence-electron chi connectivity index (χ3n) is 1.68. The van der Waals surface area contributed by atoms with E-state index in [0.29, 0.717) is 0 Å². The molecule has 86 valence electrons. The van der Waals surface area contributed by atoms with Crippen molar-refractivity contribution in [2.45, 2.75) is 26.7 Å². The molecule has 0 aliphatic carbocycles. The summed E-state index contributed by atoms with van der Waals surface area (Å²) in [4.78, 5) is 0. The van der Waals surface area contributed by atoms with E-state index in [1.165, 1.54) is 16.3 Å². The van der Waals surface area contributed by atoms with Gasteiger partial charge in [-0.3, -0.25) is 0 Å². The van der Waals surface area contributed by atoms with Crippen molar-refractivity contribution in [3.05, 3.63) is 24.3 Å². The first-order valence-corrected chi connectivity index (χ1v) is 12.4. The molecule has 0 spiro atoms. The quantitative estimate of drug-likeness (QED) is 0.578. The first-order valence-electron chi connectivity index (χ1n) is 5.41. The van der Waals surface area contributed by atoms with Crippen molar-refractivity contribution in [3.63, 3.8) is 0 Å². The van der Waals surface area contributed by atoms with Crippen LogP contribution in [-0.4, -0.2) is 13.2 Å². The summed E-state index contributed by atoms with van der Waals surface area (Å²) >= 11 is 4.25. The molecule has 0 heterocycles. The molecule has 0 saturated heterocycles. The van der Waals surface area contributed by atoms with Crippen LogP contribution in [0.5, 0.6) is 11.5 Å². The predicted molar refractivity (Wildman–Crippen MR) is 65.8 cm³/mol. The Morgan fingerprint density at radius 2 is 1.81 bits per heavy atom. The van der Waals surface area contributed by atoms with Crippen LogP contribution in [0, 0.1) is 6.07 Å². The topological polar surface area (TPSA) is 18.5 Å². The maximum absolute atomic E-state index is 5.48. The summed E-state index contributed by atoms with van der Waals surface area (Å²) < 4.78 is 10.9. The first kappa shape index (κ1) is 15.9. The van der Waals surface area contributed by atoms with E-state index in [1.54, 1.807) is 0 Å². The van der Waals surface area contributed by atoms with Gasteiger partial charge in [-0.2, -0.15) is 6.07 Å². The fraction of sp³-hybridized carbons (Fsp3) is 0.500. The van der Waals surface area contributed by atoms with Gasteiger partial charge in [0.2, 0.25) is 0 Å². The summed E-state index contributed by atoms with van der Waals surface area (Å²) in [5, 5.41) is 0. The molecule has 0 radical (unpaired) electrons. The zero-order chi connectivity index (χ0) is 12.2. The Hall–Kier alpha value is -0.0766. The molecule has 2 nitrogen and oxygen atoms in total. The van der Waals surface area contributed by atoms with Crippen LogP contribution in [0.1, 0.15) is 26.7 Å². The summed E-state index contributed by atoms with van der Waals surface area (Å²) in [6.07, 6.45) is 2.03. The normalized spacial score (nSPS) is 9.06. The Morgan fingerprint density at radius 3 is 2.44 bits per heavy atom. The van der Waals surface area contributed by atoms with Gasteiger partial charge in [0.1, 0.15) is 0 Å². The van der Waals surface area contributed by atoms with Crippen LogP contribution in [0.25, 0.3) is 0 Å². The summed E-state index contributed by atoms with van der Waals surface area (Å²) in [6.45, 7) is 5.64. The van der Waals surface area contributed by atoms with Gasteiger partial charge in [-0.15, -0.1) is 12.1 Å². The molecule has 0 atom stereocenters. The minimum atomic E-state index is 0.730. The molecule has 4 heteroatoms. The average molecular weight is 339 g/mol. The molecular weight excluding hydrogens is 321 g/mol. The molecule has 0 fully saturated rings. The second-order valence-corrected chi connectivity index (χ2v) is 3.09. The van der Waals surface area contributed by atoms with Crippen LogP contribution in [0.3, 0.4) is 0 Å². The molecule has 1 rings (SSSR count).